The van der Waals surface area contributed by atoms with Crippen molar-refractivity contribution in [3.8, 4) is 11.4 Å². The van der Waals surface area contributed by atoms with E-state index in [1.807, 2.05) is 24.3 Å². The Morgan fingerprint density at radius 3 is 2.90 bits per heavy atom. The van der Waals surface area contributed by atoms with Crippen LogP contribution >= 0.6 is 0 Å². The van der Waals surface area contributed by atoms with Crippen molar-refractivity contribution in [2.45, 2.75) is 39.0 Å². The minimum Gasteiger partial charge on any atom is -0.458 e. The van der Waals surface area contributed by atoms with E-state index < -0.39 is 11.6 Å². The third-order valence-electron chi connectivity index (χ3n) is 5.87. The number of pyridine rings is 2. The smallest absolute Gasteiger partial charge is 0.343 e. The Kier molecular flexibility index (Phi) is 3.85. The molecule has 0 aliphatic carbocycles. The van der Waals surface area contributed by atoms with Gasteiger partial charge in [0, 0.05) is 22.2 Å². The summed E-state index contributed by atoms with van der Waals surface area (Å²) in [5.74, 6) is -0.414. The van der Waals surface area contributed by atoms with Gasteiger partial charge >= 0.3 is 5.97 Å². The van der Waals surface area contributed by atoms with E-state index in [2.05, 4.69) is 5.32 Å². The summed E-state index contributed by atoms with van der Waals surface area (Å²) in [5.41, 5.74) is 2.11. The second-order valence-electron chi connectivity index (χ2n) is 7.72. The molecule has 2 aliphatic rings. The van der Waals surface area contributed by atoms with Crippen LogP contribution in [0.1, 0.15) is 37.0 Å². The van der Waals surface area contributed by atoms with E-state index in [-0.39, 0.29) is 18.6 Å². The molecule has 30 heavy (non-hydrogen) atoms. The molecule has 0 fully saturated rings. The monoisotopic (exact) mass is 404 g/mol. The number of hydrogen-bond acceptors (Lipinski definition) is 6. The maximum atomic E-state index is 13.2. The molecule has 1 atom stereocenters. The molecule has 4 heterocycles. The fourth-order valence-electron chi connectivity index (χ4n) is 4.31. The van der Waals surface area contributed by atoms with Crippen LogP contribution in [0.25, 0.3) is 22.3 Å². The molecule has 0 saturated heterocycles. The third kappa shape index (κ3) is 2.43. The first-order valence-electron chi connectivity index (χ1n) is 9.75. The number of fused-ring (bicyclic) bond motifs is 5. The van der Waals surface area contributed by atoms with Crippen molar-refractivity contribution in [2.75, 3.05) is 5.32 Å². The van der Waals surface area contributed by atoms with E-state index >= 15 is 0 Å². The van der Waals surface area contributed by atoms with E-state index in [0.717, 1.165) is 22.2 Å². The quantitative estimate of drug-likeness (QED) is 0.268. The lowest BCUT2D eigenvalue weighted by Gasteiger charge is -2.31. The average Bonchev–Trinajstić information content (AvgIpc) is 3.08. The van der Waals surface area contributed by atoms with Crippen molar-refractivity contribution in [3.05, 3.63) is 57.4 Å². The fraction of sp³-hybridized carbons (Fsp3) is 0.273. The van der Waals surface area contributed by atoms with Crippen molar-refractivity contribution in [1.29, 1.82) is 5.41 Å². The lowest BCUT2D eigenvalue weighted by molar-refractivity contribution is -0.172. The van der Waals surface area contributed by atoms with E-state index in [9.17, 15) is 14.7 Å². The van der Waals surface area contributed by atoms with Crippen LogP contribution in [0, 0.1) is 5.41 Å². The van der Waals surface area contributed by atoms with Gasteiger partial charge in [-0.1, -0.05) is 13.0 Å². The Hall–Kier alpha value is -3.52. The van der Waals surface area contributed by atoms with Gasteiger partial charge in [-0.3, -0.25) is 10.2 Å². The van der Waals surface area contributed by atoms with Gasteiger partial charge in [-0.15, -0.1) is 0 Å². The Morgan fingerprint density at radius 1 is 1.37 bits per heavy atom. The standard InChI is InChI=1S/C22H20N4O4/c1-3-22(29)15-8-18-19-12(9-26(18)20(27)14(15)10-30-21(22)28)7-13-16(24-11(2)23)5-4-6-17(13)25-19/h4-8,29H,3,9-10H2,1-2H3,(H2,23,24)/t22-/m0/s1. The van der Waals surface area contributed by atoms with Crippen molar-refractivity contribution in [1.82, 2.24) is 9.55 Å². The minimum absolute atomic E-state index is 0.109. The van der Waals surface area contributed by atoms with Crippen molar-refractivity contribution in [3.63, 3.8) is 0 Å². The van der Waals surface area contributed by atoms with Gasteiger partial charge in [0.15, 0.2) is 5.60 Å². The van der Waals surface area contributed by atoms with Crippen LogP contribution in [0.5, 0.6) is 0 Å². The predicted octanol–water partition coefficient (Wildman–Crippen LogP) is 2.49. The van der Waals surface area contributed by atoms with Crippen LogP contribution in [0.15, 0.2) is 35.1 Å². The molecule has 3 N–H and O–H groups in total. The molecule has 0 saturated carbocycles. The highest BCUT2D eigenvalue weighted by Crippen LogP contribution is 2.39. The van der Waals surface area contributed by atoms with Gasteiger partial charge in [-0.05, 0) is 37.6 Å². The molecule has 8 nitrogen and oxygen atoms in total. The van der Waals surface area contributed by atoms with Gasteiger partial charge in [0.1, 0.15) is 6.61 Å². The minimum atomic E-state index is -1.83. The normalized spacial score (nSPS) is 19.1. The first-order chi connectivity index (χ1) is 14.3. The summed E-state index contributed by atoms with van der Waals surface area (Å²) in [6.07, 6.45) is 0.109. The summed E-state index contributed by atoms with van der Waals surface area (Å²) in [5, 5.41) is 22.5. The maximum Gasteiger partial charge on any atom is 0.343 e. The predicted molar refractivity (Wildman–Crippen MR) is 112 cm³/mol. The summed E-state index contributed by atoms with van der Waals surface area (Å²) in [7, 11) is 0. The second kappa shape index (κ2) is 6.24. The number of aromatic nitrogens is 2. The van der Waals surface area contributed by atoms with Gasteiger partial charge in [0.2, 0.25) is 0 Å². The molecule has 152 valence electrons. The second-order valence-corrected chi connectivity index (χ2v) is 7.72. The van der Waals surface area contributed by atoms with Crippen LogP contribution in [-0.2, 0) is 28.3 Å². The summed E-state index contributed by atoms with van der Waals surface area (Å²) < 4.78 is 6.71. The number of rotatable bonds is 2. The Labute approximate surface area is 171 Å². The lowest BCUT2D eigenvalue weighted by Crippen LogP contribution is -2.44. The van der Waals surface area contributed by atoms with E-state index in [1.54, 1.807) is 24.5 Å². The molecule has 3 aromatic rings. The molecule has 2 aromatic heterocycles. The first-order valence-corrected chi connectivity index (χ1v) is 9.75. The number of hydrogen-bond donors (Lipinski definition) is 3. The van der Waals surface area contributed by atoms with Crippen molar-refractivity contribution < 1.29 is 14.6 Å². The molecule has 5 rings (SSSR count). The third-order valence-corrected chi connectivity index (χ3v) is 5.87. The number of esters is 1. The molecule has 1 aromatic carbocycles. The number of benzene rings is 1. The number of carbonyl (C=O) groups is 1. The highest BCUT2D eigenvalue weighted by molar-refractivity contribution is 6.02. The van der Waals surface area contributed by atoms with Gasteiger partial charge in [0.05, 0.1) is 34.8 Å². The van der Waals surface area contributed by atoms with Crippen molar-refractivity contribution >= 4 is 28.4 Å². The van der Waals surface area contributed by atoms with E-state index in [0.29, 0.717) is 34.9 Å². The molecule has 0 spiro atoms. The van der Waals surface area contributed by atoms with Crippen LogP contribution in [0.4, 0.5) is 5.69 Å². The number of anilines is 1. The number of cyclic esters (lactones) is 1. The van der Waals surface area contributed by atoms with Crippen LogP contribution < -0.4 is 10.9 Å². The van der Waals surface area contributed by atoms with E-state index in [4.69, 9.17) is 15.1 Å². The molecule has 0 unspecified atom stereocenters. The number of aliphatic hydroxyl groups is 1. The number of amidine groups is 1. The molecule has 0 bridgehead atoms. The highest BCUT2D eigenvalue weighted by atomic mass is 16.6. The van der Waals surface area contributed by atoms with Gasteiger partial charge in [-0.2, -0.15) is 0 Å². The topological polar surface area (TPSA) is 117 Å². The molecule has 0 radical (unpaired) electrons. The zero-order valence-corrected chi connectivity index (χ0v) is 16.6. The summed E-state index contributed by atoms with van der Waals surface area (Å²) in [6.45, 7) is 3.54. The number of nitrogens with one attached hydrogen (secondary N) is 2. The Morgan fingerprint density at radius 2 is 2.17 bits per heavy atom. The molecular weight excluding hydrogens is 384 g/mol. The molecular formula is C22H20N4O4. The zero-order chi connectivity index (χ0) is 21.2. The van der Waals surface area contributed by atoms with Gasteiger partial charge < -0.3 is 19.7 Å². The molecule has 0 amide bonds. The fourth-order valence-corrected chi connectivity index (χ4v) is 4.31. The van der Waals surface area contributed by atoms with Gasteiger partial charge in [-0.25, -0.2) is 9.78 Å². The summed E-state index contributed by atoms with van der Waals surface area (Å²) in [4.78, 5) is 30.2. The van der Waals surface area contributed by atoms with Crippen LogP contribution in [0.2, 0.25) is 0 Å². The first kappa shape index (κ1) is 18.5. The van der Waals surface area contributed by atoms with Crippen LogP contribution in [-0.4, -0.2) is 26.5 Å². The van der Waals surface area contributed by atoms with E-state index in [1.165, 1.54) is 0 Å². The number of carbonyl (C=O) groups excluding carboxylic acids is 1. The molecule has 2 aliphatic heterocycles. The lowest BCUT2D eigenvalue weighted by atomic mass is 9.86. The summed E-state index contributed by atoms with van der Waals surface area (Å²) >= 11 is 0. The molecule has 8 heteroatoms. The SMILES string of the molecule is CC[C@@]1(O)C(=O)OCc2c1cc1n(c2=O)Cc2cc3c(NC(C)=N)cccc3nc2-1. The summed E-state index contributed by atoms with van der Waals surface area (Å²) in [6, 6.07) is 9.29. The highest BCUT2D eigenvalue weighted by Gasteiger charge is 2.45. The maximum absolute atomic E-state index is 13.2. The number of ether oxygens (including phenoxy) is 1. The zero-order valence-electron chi connectivity index (χ0n) is 16.6. The van der Waals surface area contributed by atoms with Crippen molar-refractivity contribution in [2.24, 2.45) is 0 Å². The average molecular weight is 404 g/mol. The Bertz CT molecular complexity index is 1330. The van der Waals surface area contributed by atoms with Gasteiger partial charge in [0.25, 0.3) is 5.56 Å². The van der Waals surface area contributed by atoms with Crippen LogP contribution in [0.3, 0.4) is 0 Å². The number of nitrogens with zero attached hydrogens (tertiary/aromatic N) is 2. The Balaban J connectivity index is 1.75. The largest absolute Gasteiger partial charge is 0.458 e.